The van der Waals surface area contributed by atoms with Crippen molar-refractivity contribution >= 4 is 0 Å². The second-order valence-corrected chi connectivity index (χ2v) is 9.55. The molecule has 5 heteroatoms. The van der Waals surface area contributed by atoms with Crippen LogP contribution in [-0.2, 0) is 12.7 Å². The Morgan fingerprint density at radius 1 is 1.06 bits per heavy atom. The fourth-order valence-corrected chi connectivity index (χ4v) is 5.08. The molecular weight excluding hydrogens is 411 g/mol. The molecule has 2 nitrogen and oxygen atoms in total. The van der Waals surface area contributed by atoms with Gasteiger partial charge < -0.3 is 5.11 Å². The summed E-state index contributed by atoms with van der Waals surface area (Å²) in [5.41, 5.74) is 1.57. The minimum atomic E-state index is -4.33. The lowest BCUT2D eigenvalue weighted by molar-refractivity contribution is -0.137. The van der Waals surface area contributed by atoms with Crippen LogP contribution in [-0.4, -0.2) is 22.6 Å². The van der Waals surface area contributed by atoms with Crippen LogP contribution in [0.2, 0.25) is 0 Å². The summed E-state index contributed by atoms with van der Waals surface area (Å²) in [7, 11) is 0. The molecule has 0 bridgehead atoms. The Morgan fingerprint density at radius 2 is 1.72 bits per heavy atom. The Balaban J connectivity index is 1.91. The summed E-state index contributed by atoms with van der Waals surface area (Å²) in [6.45, 7) is 9.80. The van der Waals surface area contributed by atoms with Crippen LogP contribution in [0.5, 0.6) is 0 Å². The third-order valence-electron chi connectivity index (χ3n) is 6.41. The fourth-order valence-electron chi connectivity index (χ4n) is 5.08. The molecule has 1 aliphatic rings. The van der Waals surface area contributed by atoms with E-state index in [0.29, 0.717) is 12.3 Å². The second kappa shape index (κ2) is 10.6. The molecule has 32 heavy (non-hydrogen) atoms. The maximum Gasteiger partial charge on any atom is 0.416 e. The number of allylic oxidation sites excluding steroid dienone is 1. The Morgan fingerprint density at radius 3 is 2.28 bits per heavy atom. The van der Waals surface area contributed by atoms with Gasteiger partial charge in [-0.15, -0.1) is 0 Å². The van der Waals surface area contributed by atoms with Gasteiger partial charge in [0.15, 0.2) is 0 Å². The van der Waals surface area contributed by atoms with Crippen LogP contribution in [0, 0.1) is 11.8 Å². The Bertz CT molecular complexity index is 861. The molecular formula is C27H34F3NO. The van der Waals surface area contributed by atoms with E-state index in [1.807, 2.05) is 18.2 Å². The van der Waals surface area contributed by atoms with Gasteiger partial charge in [0.05, 0.1) is 11.3 Å². The van der Waals surface area contributed by atoms with Crippen molar-refractivity contribution in [3.63, 3.8) is 0 Å². The van der Waals surface area contributed by atoms with E-state index in [4.69, 9.17) is 0 Å². The van der Waals surface area contributed by atoms with Gasteiger partial charge >= 0.3 is 6.18 Å². The Labute approximate surface area is 189 Å². The average molecular weight is 446 g/mol. The van der Waals surface area contributed by atoms with Gasteiger partial charge in [-0.2, -0.15) is 13.2 Å². The Hall–Kier alpha value is -2.27. The van der Waals surface area contributed by atoms with Crippen molar-refractivity contribution in [2.45, 2.75) is 64.2 Å². The highest BCUT2D eigenvalue weighted by Gasteiger charge is 2.36. The van der Waals surface area contributed by atoms with E-state index in [0.717, 1.165) is 37.9 Å². The molecule has 1 aliphatic carbocycles. The first-order valence-corrected chi connectivity index (χ1v) is 11.5. The maximum absolute atomic E-state index is 13.1. The highest BCUT2D eigenvalue weighted by Crippen LogP contribution is 2.42. The van der Waals surface area contributed by atoms with Crippen molar-refractivity contribution in [2.24, 2.45) is 11.8 Å². The fraction of sp³-hybridized carbons (Fsp3) is 0.481. The molecule has 3 atom stereocenters. The molecule has 3 rings (SSSR count). The first-order valence-electron chi connectivity index (χ1n) is 11.5. The van der Waals surface area contributed by atoms with Gasteiger partial charge in [0, 0.05) is 25.6 Å². The number of benzene rings is 2. The van der Waals surface area contributed by atoms with E-state index in [9.17, 15) is 18.3 Å². The summed E-state index contributed by atoms with van der Waals surface area (Å²) in [6.07, 6.45) is -1.03. The van der Waals surface area contributed by atoms with E-state index >= 15 is 0 Å². The molecule has 0 amide bonds. The van der Waals surface area contributed by atoms with Crippen molar-refractivity contribution in [1.82, 2.24) is 4.90 Å². The monoisotopic (exact) mass is 445 g/mol. The third-order valence-corrected chi connectivity index (χ3v) is 6.41. The predicted molar refractivity (Wildman–Crippen MR) is 123 cm³/mol. The molecule has 1 saturated carbocycles. The quantitative estimate of drug-likeness (QED) is 0.423. The number of aliphatic hydroxyl groups excluding tert-OH is 1. The van der Waals surface area contributed by atoms with Crippen LogP contribution in [0.3, 0.4) is 0 Å². The number of hydrogen-bond donors (Lipinski definition) is 1. The van der Waals surface area contributed by atoms with Gasteiger partial charge in [-0.3, -0.25) is 4.90 Å². The summed E-state index contributed by atoms with van der Waals surface area (Å²) in [4.78, 5) is 2.51. The normalized spacial score (nSPS) is 21.8. The van der Waals surface area contributed by atoms with Crippen molar-refractivity contribution in [3.8, 4) is 0 Å². The van der Waals surface area contributed by atoms with Crippen LogP contribution < -0.4 is 0 Å². The van der Waals surface area contributed by atoms with Gasteiger partial charge in [-0.1, -0.05) is 62.9 Å². The minimum absolute atomic E-state index is 0.109. The van der Waals surface area contributed by atoms with Gasteiger partial charge in [0.2, 0.25) is 0 Å². The molecule has 174 valence electrons. The maximum atomic E-state index is 13.1. The van der Waals surface area contributed by atoms with Crippen LogP contribution in [0.1, 0.15) is 62.1 Å². The van der Waals surface area contributed by atoms with Crippen molar-refractivity contribution in [2.75, 3.05) is 6.54 Å². The molecule has 2 aromatic carbocycles. The van der Waals surface area contributed by atoms with E-state index in [-0.39, 0.29) is 23.6 Å². The highest BCUT2D eigenvalue weighted by atomic mass is 19.4. The molecule has 1 N–H and O–H groups in total. The van der Waals surface area contributed by atoms with Crippen LogP contribution in [0.15, 0.2) is 66.9 Å². The zero-order chi connectivity index (χ0) is 23.3. The lowest BCUT2D eigenvalue weighted by Gasteiger charge is -2.44. The molecule has 0 heterocycles. The average Bonchev–Trinajstić information content (AvgIpc) is 2.73. The molecule has 0 aromatic heterocycles. The Kier molecular flexibility index (Phi) is 8.05. The lowest BCUT2D eigenvalue weighted by atomic mass is 9.72. The summed E-state index contributed by atoms with van der Waals surface area (Å²) in [6, 6.07) is 16.3. The first-order chi connectivity index (χ1) is 15.1. The topological polar surface area (TPSA) is 23.5 Å². The van der Waals surface area contributed by atoms with E-state index in [1.165, 1.54) is 17.7 Å². The van der Waals surface area contributed by atoms with Crippen LogP contribution >= 0.6 is 0 Å². The van der Waals surface area contributed by atoms with E-state index in [2.05, 4.69) is 37.5 Å². The largest absolute Gasteiger partial charge is 0.513 e. The van der Waals surface area contributed by atoms with Crippen LogP contribution in [0.25, 0.3) is 0 Å². The van der Waals surface area contributed by atoms with E-state index in [1.54, 1.807) is 12.1 Å². The summed E-state index contributed by atoms with van der Waals surface area (Å²) in [5, 5.41) is 9.75. The summed E-state index contributed by atoms with van der Waals surface area (Å²) >= 11 is 0. The van der Waals surface area contributed by atoms with Crippen molar-refractivity contribution in [3.05, 3.63) is 83.6 Å². The van der Waals surface area contributed by atoms with Crippen LogP contribution in [0.4, 0.5) is 13.2 Å². The van der Waals surface area contributed by atoms with E-state index < -0.39 is 11.7 Å². The van der Waals surface area contributed by atoms with Gasteiger partial charge in [0.25, 0.3) is 0 Å². The molecule has 0 unspecified atom stereocenters. The number of nitrogens with zero attached hydrogens (tertiary/aromatic N) is 1. The molecule has 0 spiro atoms. The second-order valence-electron chi connectivity index (χ2n) is 9.55. The van der Waals surface area contributed by atoms with Gasteiger partial charge in [0.1, 0.15) is 0 Å². The molecule has 0 saturated heterocycles. The van der Waals surface area contributed by atoms with Gasteiger partial charge in [-0.25, -0.2) is 0 Å². The van der Waals surface area contributed by atoms with Gasteiger partial charge in [-0.05, 0) is 60.3 Å². The molecule has 0 radical (unpaired) electrons. The molecule has 2 aromatic rings. The predicted octanol–water partition coefficient (Wildman–Crippen LogP) is 7.58. The summed E-state index contributed by atoms with van der Waals surface area (Å²) in [5.74, 6) is 1.05. The zero-order valence-electron chi connectivity index (χ0n) is 19.0. The number of halogens is 3. The SMILES string of the molecule is C=C(O)C[C@@H]1CC[C@@H](N(Cc2ccccc2)CC(C)C)[C@H](c2ccc(C(F)(F)F)cc2)C1. The smallest absolute Gasteiger partial charge is 0.416 e. The first kappa shape index (κ1) is 24.4. The number of hydrogen-bond acceptors (Lipinski definition) is 2. The lowest BCUT2D eigenvalue weighted by Crippen LogP contribution is -2.44. The highest BCUT2D eigenvalue weighted by molar-refractivity contribution is 5.29. The molecule has 0 aliphatic heterocycles. The van der Waals surface area contributed by atoms with Crippen molar-refractivity contribution in [1.29, 1.82) is 0 Å². The number of rotatable bonds is 8. The third kappa shape index (κ3) is 6.61. The standard InChI is InChI=1S/C27H34F3NO/c1-19(2)17-31(18-21-7-5-4-6-8-21)26-14-9-22(15-20(3)32)16-25(26)23-10-12-24(13-11-23)27(28,29)30/h4-8,10-13,19,22,25-26,32H,3,9,14-18H2,1-2H3/t22-,25-,26+/m0/s1. The molecule has 1 fully saturated rings. The summed E-state index contributed by atoms with van der Waals surface area (Å²) < 4.78 is 39.3. The van der Waals surface area contributed by atoms with Crippen molar-refractivity contribution < 1.29 is 18.3 Å². The minimum Gasteiger partial charge on any atom is -0.513 e. The zero-order valence-corrected chi connectivity index (χ0v) is 19.0. The number of alkyl halides is 3. The number of aliphatic hydroxyl groups is 1.